The van der Waals surface area contributed by atoms with Crippen LogP contribution in [-0.4, -0.2) is 23.7 Å². The number of phenolic OH excluding ortho intramolecular Hbond substituents is 1. The van der Waals surface area contributed by atoms with Gasteiger partial charge in [-0.15, -0.1) is 0 Å². The molecule has 0 radical (unpaired) electrons. The second-order valence-electron chi connectivity index (χ2n) is 5.18. The highest BCUT2D eigenvalue weighted by molar-refractivity contribution is 7.92. The lowest BCUT2D eigenvalue weighted by atomic mass is 10.1. The highest BCUT2D eigenvalue weighted by Gasteiger charge is 2.21. The number of fused-ring (bicyclic) bond motifs is 1. The van der Waals surface area contributed by atoms with Crippen LogP contribution in [0, 0.1) is 4.91 Å². The molecule has 3 N–H and O–H groups in total. The molecule has 3 aromatic carbocycles. The zero-order chi connectivity index (χ0) is 18.2. The van der Waals surface area contributed by atoms with Crippen LogP contribution in [0.25, 0.3) is 10.8 Å². The largest absolute Gasteiger partial charge is 0.506 e. The molecule has 0 aliphatic rings. The van der Waals surface area contributed by atoms with Crippen LogP contribution in [0.3, 0.4) is 0 Å². The molecule has 0 atom stereocenters. The van der Waals surface area contributed by atoms with Gasteiger partial charge in [0.15, 0.2) is 0 Å². The first-order valence-electron chi connectivity index (χ1n) is 6.99. The molecular formula is C16H12ClN2O5S+. The maximum absolute atomic E-state index is 12.6. The average molecular weight is 380 g/mol. The number of nitrogens with one attached hydrogen (secondary N) is 1. The molecule has 3 aromatic rings. The Balaban J connectivity index is 2.11. The molecule has 7 nitrogen and oxygen atoms in total. The highest BCUT2D eigenvalue weighted by Crippen LogP contribution is 2.38. The summed E-state index contributed by atoms with van der Waals surface area (Å²) in [6.45, 7) is 0. The van der Waals surface area contributed by atoms with Crippen LogP contribution < -0.4 is 4.72 Å². The summed E-state index contributed by atoms with van der Waals surface area (Å²) in [7, 11) is -4.06. The molecule has 0 amide bonds. The monoisotopic (exact) mass is 379 g/mol. The summed E-state index contributed by atoms with van der Waals surface area (Å²) in [6, 6.07) is 12.8. The van der Waals surface area contributed by atoms with Gasteiger partial charge >= 0.3 is 5.69 Å². The Morgan fingerprint density at radius 2 is 1.68 bits per heavy atom. The van der Waals surface area contributed by atoms with Crippen molar-refractivity contribution in [3.63, 3.8) is 0 Å². The molecule has 0 fully saturated rings. The number of hydrogen-bond acceptors (Lipinski definition) is 4. The van der Waals surface area contributed by atoms with Gasteiger partial charge in [-0.25, -0.2) is 13.6 Å². The summed E-state index contributed by atoms with van der Waals surface area (Å²) in [4.78, 5) is 10.3. The molecule has 0 spiro atoms. The van der Waals surface area contributed by atoms with Crippen LogP contribution in [-0.2, 0) is 10.0 Å². The minimum absolute atomic E-state index is 0.00811. The van der Waals surface area contributed by atoms with Gasteiger partial charge in [0, 0.05) is 22.9 Å². The Bertz CT molecular complexity index is 1100. The van der Waals surface area contributed by atoms with Gasteiger partial charge < -0.3 is 5.11 Å². The van der Waals surface area contributed by atoms with E-state index in [4.69, 9.17) is 16.8 Å². The fourth-order valence-corrected chi connectivity index (χ4v) is 3.70. The molecule has 0 aromatic heterocycles. The van der Waals surface area contributed by atoms with Gasteiger partial charge in [0.1, 0.15) is 5.75 Å². The van der Waals surface area contributed by atoms with Crippen LogP contribution in [0.2, 0.25) is 5.02 Å². The van der Waals surface area contributed by atoms with Crippen molar-refractivity contribution in [2.75, 3.05) is 4.72 Å². The van der Waals surface area contributed by atoms with Crippen molar-refractivity contribution in [3.05, 3.63) is 64.5 Å². The Hall–Kier alpha value is -2.84. The van der Waals surface area contributed by atoms with E-state index in [9.17, 15) is 18.4 Å². The van der Waals surface area contributed by atoms with E-state index in [1.165, 1.54) is 24.3 Å². The van der Waals surface area contributed by atoms with Crippen LogP contribution in [0.4, 0.5) is 11.4 Å². The van der Waals surface area contributed by atoms with Gasteiger partial charge in [-0.05, 0) is 12.1 Å². The SMILES string of the molecule is O=[N+](O)c1cccc(S(=O)(=O)Nc2cc(Cl)c(O)c3ccccc23)c1. The number of sulfonamides is 1. The first-order chi connectivity index (χ1) is 11.8. The molecular weight excluding hydrogens is 368 g/mol. The maximum Gasteiger partial charge on any atom is 0.317 e. The van der Waals surface area contributed by atoms with E-state index >= 15 is 0 Å². The lowest BCUT2D eigenvalue weighted by molar-refractivity contribution is -0.729. The summed E-state index contributed by atoms with van der Waals surface area (Å²) in [6.07, 6.45) is 0. The van der Waals surface area contributed by atoms with Gasteiger partial charge in [0.05, 0.1) is 20.5 Å². The second-order valence-corrected chi connectivity index (χ2v) is 7.27. The second kappa shape index (κ2) is 6.23. The van der Waals surface area contributed by atoms with Crippen molar-refractivity contribution in [2.24, 2.45) is 0 Å². The predicted molar refractivity (Wildman–Crippen MR) is 92.9 cm³/mol. The summed E-state index contributed by atoms with van der Waals surface area (Å²) >= 11 is 5.97. The van der Waals surface area contributed by atoms with Crippen molar-refractivity contribution in [1.29, 1.82) is 0 Å². The van der Waals surface area contributed by atoms with Crippen molar-refractivity contribution in [1.82, 2.24) is 0 Å². The number of nitrogens with zero attached hydrogens (tertiary/aromatic N) is 1. The Kier molecular flexibility index (Phi) is 4.23. The minimum Gasteiger partial charge on any atom is -0.506 e. The molecule has 0 bridgehead atoms. The third-order valence-electron chi connectivity index (χ3n) is 3.56. The van der Waals surface area contributed by atoms with E-state index in [1.807, 2.05) is 0 Å². The summed E-state index contributed by atoms with van der Waals surface area (Å²) in [5, 5.41) is 19.8. The smallest absolute Gasteiger partial charge is 0.317 e. The van der Waals surface area contributed by atoms with E-state index in [-0.39, 0.29) is 27.0 Å². The summed E-state index contributed by atoms with van der Waals surface area (Å²) in [5.41, 5.74) is -0.0525. The molecule has 0 aliphatic carbocycles. The van der Waals surface area contributed by atoms with Crippen molar-refractivity contribution < 1.29 is 23.7 Å². The molecule has 9 heteroatoms. The van der Waals surface area contributed by atoms with Crippen molar-refractivity contribution in [2.45, 2.75) is 4.90 Å². The molecule has 0 saturated carbocycles. The Morgan fingerprint density at radius 3 is 2.36 bits per heavy atom. The topological polar surface area (TPSA) is 107 Å². The van der Waals surface area contributed by atoms with Crippen LogP contribution in [0.15, 0.2) is 59.5 Å². The standard InChI is InChI=1S/C16H11ClN2O5S/c17-14-9-15(12-6-1-2-7-13(12)16(14)20)18-25(23,24)11-5-3-4-10(8-11)19(21)22/h1-9,18H,(H-,20,21,22)/p+1. The highest BCUT2D eigenvalue weighted by atomic mass is 35.5. The van der Waals surface area contributed by atoms with Crippen molar-refractivity contribution >= 4 is 43.8 Å². The number of anilines is 1. The first kappa shape index (κ1) is 17.0. The van der Waals surface area contributed by atoms with Gasteiger partial charge in [0.2, 0.25) is 0 Å². The van der Waals surface area contributed by atoms with Crippen LogP contribution >= 0.6 is 11.6 Å². The molecule has 0 saturated heterocycles. The van der Waals surface area contributed by atoms with E-state index < -0.39 is 14.9 Å². The van der Waals surface area contributed by atoms with Crippen molar-refractivity contribution in [3.8, 4) is 5.75 Å². The molecule has 0 unspecified atom stereocenters. The third kappa shape index (κ3) is 3.21. The van der Waals surface area contributed by atoms with E-state index in [2.05, 4.69) is 4.72 Å². The zero-order valence-corrected chi connectivity index (χ0v) is 14.1. The van der Waals surface area contributed by atoms with E-state index in [0.717, 1.165) is 6.07 Å². The number of aromatic hydroxyl groups is 1. The summed E-state index contributed by atoms with van der Waals surface area (Å²) < 4.78 is 27.6. The van der Waals surface area contributed by atoms with Gasteiger partial charge in [-0.3, -0.25) is 4.72 Å². The normalized spacial score (nSPS) is 11.4. The van der Waals surface area contributed by atoms with Crippen LogP contribution in [0.1, 0.15) is 0 Å². The van der Waals surface area contributed by atoms with Gasteiger partial charge in [-0.1, -0.05) is 41.9 Å². The Morgan fingerprint density at radius 1 is 1.00 bits per heavy atom. The number of hydrogen-bond donors (Lipinski definition) is 3. The first-order valence-corrected chi connectivity index (χ1v) is 8.85. The molecule has 128 valence electrons. The zero-order valence-electron chi connectivity index (χ0n) is 12.5. The lowest BCUT2D eigenvalue weighted by Gasteiger charge is -2.12. The number of rotatable bonds is 4. The third-order valence-corrected chi connectivity index (χ3v) is 5.21. The lowest BCUT2D eigenvalue weighted by Crippen LogP contribution is -2.13. The number of phenols is 1. The fourth-order valence-electron chi connectivity index (χ4n) is 2.38. The molecule has 0 heterocycles. The number of halogens is 1. The van der Waals surface area contributed by atoms with E-state index in [0.29, 0.717) is 10.8 Å². The van der Waals surface area contributed by atoms with Gasteiger partial charge in [0.25, 0.3) is 14.9 Å². The van der Waals surface area contributed by atoms with E-state index in [1.54, 1.807) is 24.3 Å². The van der Waals surface area contributed by atoms with Crippen LogP contribution in [0.5, 0.6) is 5.75 Å². The minimum atomic E-state index is -4.06. The summed E-state index contributed by atoms with van der Waals surface area (Å²) in [5.74, 6) is -0.149. The predicted octanol–water partition coefficient (Wildman–Crippen LogP) is 3.80. The molecule has 25 heavy (non-hydrogen) atoms. The maximum atomic E-state index is 12.6. The van der Waals surface area contributed by atoms with Gasteiger partial charge in [-0.2, -0.15) is 0 Å². The fraction of sp³-hybridized carbons (Fsp3) is 0. The molecule has 3 rings (SSSR count). The molecule has 0 aliphatic heterocycles. The average Bonchev–Trinajstić information content (AvgIpc) is 2.59. The quantitative estimate of drug-likeness (QED) is 0.472. The number of benzene rings is 3. The Labute approximate surface area is 147 Å².